The summed E-state index contributed by atoms with van der Waals surface area (Å²) < 4.78 is 0. The summed E-state index contributed by atoms with van der Waals surface area (Å²) in [4.78, 5) is 0. The summed E-state index contributed by atoms with van der Waals surface area (Å²) in [6, 6.07) is 6.32. The van der Waals surface area contributed by atoms with Crippen molar-refractivity contribution in [1.29, 1.82) is 0 Å². The van der Waals surface area contributed by atoms with Crippen molar-refractivity contribution in [3.05, 3.63) is 29.3 Å². The number of aryl methyl sites for hydroxylation is 1. The van der Waals surface area contributed by atoms with E-state index in [0.29, 0.717) is 0 Å². The Morgan fingerprint density at radius 3 is 2.79 bits per heavy atom. The second-order valence-electron chi connectivity index (χ2n) is 3.35. The zero-order valence-corrected chi connectivity index (χ0v) is 9.15. The molecule has 1 aromatic carbocycles. The van der Waals surface area contributed by atoms with E-state index in [0.717, 1.165) is 13.0 Å². The molecule has 1 N–H and O–H groups in total. The maximum Gasteiger partial charge on any atom is 0.0372 e. The van der Waals surface area contributed by atoms with Crippen LogP contribution >= 0.6 is 0 Å². The molecule has 1 nitrogen and oxygen atoms in total. The molecule has 0 amide bonds. The van der Waals surface area contributed by atoms with E-state index in [1.165, 1.54) is 16.8 Å². The number of benzene rings is 1. The molecule has 0 heterocycles. The van der Waals surface area contributed by atoms with Crippen LogP contribution in [0, 0.1) is 25.7 Å². The maximum atomic E-state index is 3.39. The van der Waals surface area contributed by atoms with E-state index in [-0.39, 0.29) is 0 Å². The minimum Gasteiger partial charge on any atom is -0.384 e. The van der Waals surface area contributed by atoms with Crippen LogP contribution in [0.1, 0.15) is 24.5 Å². The van der Waals surface area contributed by atoms with Gasteiger partial charge < -0.3 is 5.32 Å². The summed E-state index contributed by atoms with van der Waals surface area (Å²) in [5, 5.41) is 3.39. The minimum absolute atomic E-state index is 0.907. The number of nitrogens with one attached hydrogen (secondary N) is 1. The van der Waals surface area contributed by atoms with Crippen molar-refractivity contribution in [1.82, 2.24) is 0 Å². The summed E-state index contributed by atoms with van der Waals surface area (Å²) in [6.45, 7) is 7.07. The Bertz CT molecular complexity index is 355. The molecular weight excluding hydrogens is 170 g/mol. The minimum atomic E-state index is 0.907. The fourth-order valence-electron chi connectivity index (χ4n) is 1.33. The van der Waals surface area contributed by atoms with Crippen LogP contribution in [0.4, 0.5) is 5.69 Å². The molecule has 0 aliphatic carbocycles. The van der Waals surface area contributed by atoms with Gasteiger partial charge in [-0.3, -0.25) is 0 Å². The first kappa shape index (κ1) is 10.7. The number of anilines is 1. The number of hydrogen-bond acceptors (Lipinski definition) is 1. The van der Waals surface area contributed by atoms with E-state index in [2.05, 4.69) is 49.2 Å². The average molecular weight is 187 g/mol. The van der Waals surface area contributed by atoms with Gasteiger partial charge in [-0.05, 0) is 38.0 Å². The summed E-state index contributed by atoms with van der Waals surface area (Å²) in [5.41, 5.74) is 3.89. The van der Waals surface area contributed by atoms with Gasteiger partial charge >= 0.3 is 0 Å². The number of rotatable bonds is 3. The lowest BCUT2D eigenvalue weighted by molar-refractivity contribution is 1.09. The Kier molecular flexibility index (Phi) is 4.07. The summed E-state index contributed by atoms with van der Waals surface area (Å²) in [6.07, 6.45) is 0.907. The highest BCUT2D eigenvalue weighted by atomic mass is 14.9. The van der Waals surface area contributed by atoms with Crippen LogP contribution in [0.25, 0.3) is 0 Å². The third-order valence-electron chi connectivity index (χ3n) is 2.35. The first-order valence-electron chi connectivity index (χ1n) is 4.95. The van der Waals surface area contributed by atoms with Gasteiger partial charge in [0.25, 0.3) is 0 Å². The fraction of sp³-hybridized carbons (Fsp3) is 0.385. The van der Waals surface area contributed by atoms with Gasteiger partial charge in [-0.25, -0.2) is 0 Å². The van der Waals surface area contributed by atoms with E-state index < -0.39 is 0 Å². The first-order valence-corrected chi connectivity index (χ1v) is 4.95. The van der Waals surface area contributed by atoms with Crippen LogP contribution in [-0.4, -0.2) is 6.54 Å². The highest BCUT2D eigenvalue weighted by Crippen LogP contribution is 2.17. The molecule has 1 aromatic rings. The number of hydrogen-bond donors (Lipinski definition) is 1. The average Bonchev–Trinajstić information content (AvgIpc) is 2.19. The van der Waals surface area contributed by atoms with E-state index in [1.807, 2.05) is 6.92 Å². The lowest BCUT2D eigenvalue weighted by Gasteiger charge is -2.09. The molecule has 0 saturated carbocycles. The lowest BCUT2D eigenvalue weighted by atomic mass is 10.1. The summed E-state index contributed by atoms with van der Waals surface area (Å²) in [7, 11) is 0. The molecule has 14 heavy (non-hydrogen) atoms. The van der Waals surface area contributed by atoms with Crippen molar-refractivity contribution in [2.24, 2.45) is 0 Å². The Balaban J connectivity index is 2.57. The zero-order valence-electron chi connectivity index (χ0n) is 9.15. The van der Waals surface area contributed by atoms with Gasteiger partial charge in [0.15, 0.2) is 0 Å². The molecular formula is C13H17N. The van der Waals surface area contributed by atoms with Crippen molar-refractivity contribution in [3.8, 4) is 11.8 Å². The predicted molar refractivity (Wildman–Crippen MR) is 62.5 cm³/mol. The van der Waals surface area contributed by atoms with Crippen molar-refractivity contribution >= 4 is 5.69 Å². The Hall–Kier alpha value is -1.42. The second-order valence-corrected chi connectivity index (χ2v) is 3.35. The van der Waals surface area contributed by atoms with Gasteiger partial charge in [0.05, 0.1) is 0 Å². The summed E-state index contributed by atoms with van der Waals surface area (Å²) >= 11 is 0. The second kappa shape index (κ2) is 5.34. The third kappa shape index (κ3) is 2.81. The van der Waals surface area contributed by atoms with Crippen LogP contribution < -0.4 is 5.32 Å². The lowest BCUT2D eigenvalue weighted by Crippen LogP contribution is -2.02. The molecule has 1 heteroatoms. The zero-order chi connectivity index (χ0) is 10.4. The van der Waals surface area contributed by atoms with Crippen molar-refractivity contribution in [2.45, 2.75) is 27.2 Å². The molecule has 1 rings (SSSR count). The molecule has 0 radical (unpaired) electrons. The molecule has 0 fully saturated rings. The van der Waals surface area contributed by atoms with Crippen molar-refractivity contribution in [3.63, 3.8) is 0 Å². The summed E-state index contributed by atoms with van der Waals surface area (Å²) in [5.74, 6) is 5.93. The maximum absolute atomic E-state index is 3.39. The highest BCUT2D eigenvalue weighted by molar-refractivity contribution is 5.53. The van der Waals surface area contributed by atoms with Crippen LogP contribution in [0.15, 0.2) is 18.2 Å². The first-order chi connectivity index (χ1) is 6.75. The fourth-order valence-corrected chi connectivity index (χ4v) is 1.33. The SMILES string of the molecule is CC#CCCNc1cccc(C)c1C. The van der Waals surface area contributed by atoms with Crippen molar-refractivity contribution < 1.29 is 0 Å². The van der Waals surface area contributed by atoms with Gasteiger partial charge in [-0.1, -0.05) is 12.1 Å². The standard InChI is InChI=1S/C13H17N/c1-4-5-6-10-14-13-9-7-8-11(2)12(13)3/h7-9,14H,6,10H2,1-3H3. The third-order valence-corrected chi connectivity index (χ3v) is 2.35. The smallest absolute Gasteiger partial charge is 0.0372 e. The molecule has 0 saturated heterocycles. The van der Waals surface area contributed by atoms with Crippen molar-refractivity contribution in [2.75, 3.05) is 11.9 Å². The molecule has 0 atom stereocenters. The van der Waals surface area contributed by atoms with Gasteiger partial charge in [0, 0.05) is 18.7 Å². The molecule has 0 bridgehead atoms. The molecule has 0 spiro atoms. The molecule has 74 valence electrons. The van der Waals surface area contributed by atoms with Crippen LogP contribution in [0.3, 0.4) is 0 Å². The van der Waals surface area contributed by atoms with Crippen LogP contribution in [0.2, 0.25) is 0 Å². The molecule has 0 unspecified atom stereocenters. The Morgan fingerprint density at radius 1 is 1.29 bits per heavy atom. The predicted octanol–water partition coefficient (Wildman–Crippen LogP) is 3.13. The van der Waals surface area contributed by atoms with E-state index in [1.54, 1.807) is 0 Å². The Labute approximate surface area is 86.5 Å². The van der Waals surface area contributed by atoms with Gasteiger partial charge in [-0.15, -0.1) is 11.8 Å². The topological polar surface area (TPSA) is 12.0 Å². The molecule has 0 aromatic heterocycles. The quantitative estimate of drug-likeness (QED) is 0.566. The van der Waals surface area contributed by atoms with E-state index >= 15 is 0 Å². The Morgan fingerprint density at radius 2 is 2.07 bits per heavy atom. The molecule has 0 aliphatic rings. The van der Waals surface area contributed by atoms with E-state index in [4.69, 9.17) is 0 Å². The monoisotopic (exact) mass is 187 g/mol. The van der Waals surface area contributed by atoms with Crippen LogP contribution in [0.5, 0.6) is 0 Å². The van der Waals surface area contributed by atoms with Gasteiger partial charge in [-0.2, -0.15) is 0 Å². The van der Waals surface area contributed by atoms with Gasteiger partial charge in [0.1, 0.15) is 0 Å². The molecule has 0 aliphatic heterocycles. The largest absolute Gasteiger partial charge is 0.384 e. The van der Waals surface area contributed by atoms with Gasteiger partial charge in [0.2, 0.25) is 0 Å². The van der Waals surface area contributed by atoms with Crippen LogP contribution in [-0.2, 0) is 0 Å². The highest BCUT2D eigenvalue weighted by Gasteiger charge is 1.97. The van der Waals surface area contributed by atoms with E-state index in [9.17, 15) is 0 Å². The normalized spacial score (nSPS) is 9.07.